The molecule has 8 nitrogen and oxygen atoms in total. The number of rotatable bonds is 10. The van der Waals surface area contributed by atoms with E-state index in [-0.39, 0.29) is 22.2 Å². The number of hydrogen-bond acceptors (Lipinski definition) is 8. The molecule has 50 heavy (non-hydrogen) atoms. The molecule has 3 saturated heterocycles. The second-order valence-corrected chi connectivity index (χ2v) is 49.4. The highest BCUT2D eigenvalue weighted by atomic mass is 28.6. The molecule has 0 aliphatic carbocycles. The van der Waals surface area contributed by atoms with E-state index in [0.717, 1.165) is 10.4 Å². The van der Waals surface area contributed by atoms with Gasteiger partial charge in [0.25, 0.3) is 0 Å². The minimum Gasteiger partial charge on any atom is -0.391 e. The zero-order chi connectivity index (χ0) is 37.3. The molecule has 3 fully saturated rings. The average Bonchev–Trinajstić information content (AvgIpc) is 3.03. The molecule has 3 aliphatic rings. The van der Waals surface area contributed by atoms with Crippen LogP contribution in [-0.4, -0.2) is 68.5 Å². The third-order valence-corrected chi connectivity index (χ3v) is 43.5. The van der Waals surface area contributed by atoms with Crippen LogP contribution in [-0.2, 0) is 32.9 Å². The van der Waals surface area contributed by atoms with Crippen LogP contribution in [0, 0.1) is 0 Å². The first-order chi connectivity index (χ1) is 23.0. The van der Waals surface area contributed by atoms with Gasteiger partial charge in [0, 0.05) is 22.2 Å². The Morgan fingerprint density at radius 3 is 0.780 bits per heavy atom. The zero-order valence-corrected chi connectivity index (χ0v) is 41.6. The summed E-state index contributed by atoms with van der Waals surface area (Å²) in [6.45, 7) is 35.9. The fourth-order valence-corrected chi connectivity index (χ4v) is 48.1. The highest BCUT2D eigenvalue weighted by molar-refractivity contribution is 7.05. The maximum Gasteiger partial charge on any atom is 0.480 e. The number of fused-ring (bicyclic) bond motifs is 4. The minimum atomic E-state index is -3.62. The van der Waals surface area contributed by atoms with Crippen molar-refractivity contribution in [3.63, 3.8) is 0 Å². The molecule has 16 heteroatoms. The molecule has 2 aromatic carbocycles. The van der Waals surface area contributed by atoms with Crippen LogP contribution in [0.15, 0.2) is 48.5 Å². The van der Waals surface area contributed by atoms with E-state index in [0.29, 0.717) is 12.1 Å². The molecular weight excluding hydrogens is 761 g/mol. The van der Waals surface area contributed by atoms with E-state index in [1.807, 2.05) is 0 Å². The number of benzene rings is 2. The van der Waals surface area contributed by atoms with E-state index in [1.165, 1.54) is 10.4 Å². The quantitative estimate of drug-likeness (QED) is 0.230. The summed E-state index contributed by atoms with van der Waals surface area (Å²) in [4.78, 5) is 0. The summed E-state index contributed by atoms with van der Waals surface area (Å²) in [6.07, 6.45) is 0. The first-order valence-electron chi connectivity index (χ1n) is 18.8. The second kappa shape index (κ2) is 13.9. The highest BCUT2D eigenvalue weighted by Crippen LogP contribution is 2.53. The smallest absolute Gasteiger partial charge is 0.391 e. The van der Waals surface area contributed by atoms with Crippen LogP contribution in [0.5, 0.6) is 0 Å². The van der Waals surface area contributed by atoms with Gasteiger partial charge in [-0.15, -0.1) is 0 Å². The molecule has 2 aromatic rings. The Balaban J connectivity index is 1.77. The summed E-state index contributed by atoms with van der Waals surface area (Å²) in [6, 6.07) is 19.5. The molecule has 5 rings (SSSR count). The fraction of sp³-hybridized carbons (Fsp3) is 0.647. The zero-order valence-electron chi connectivity index (χ0n) is 33.6. The van der Waals surface area contributed by atoms with Crippen LogP contribution in [0.1, 0.15) is 69.2 Å². The van der Waals surface area contributed by atoms with Crippen LogP contribution in [0.3, 0.4) is 0 Å². The minimum absolute atomic E-state index is 0.0830. The summed E-state index contributed by atoms with van der Waals surface area (Å²) >= 11 is 0. The lowest BCUT2D eigenvalue weighted by molar-refractivity contribution is 0.0158. The van der Waals surface area contributed by atoms with Gasteiger partial charge in [-0.2, -0.15) is 0 Å². The van der Waals surface area contributed by atoms with Gasteiger partial charge in [0.15, 0.2) is 0 Å². The molecule has 3 aliphatic heterocycles. The van der Waals surface area contributed by atoms with Crippen molar-refractivity contribution >= 4 is 89.2 Å². The van der Waals surface area contributed by atoms with Gasteiger partial charge in [0.1, 0.15) is 0 Å². The van der Waals surface area contributed by atoms with Crippen LogP contribution in [0.4, 0.5) is 0 Å². The molecular formula is C34H64O8Si8. The van der Waals surface area contributed by atoms with Crippen molar-refractivity contribution in [2.24, 2.45) is 0 Å². The van der Waals surface area contributed by atoms with Gasteiger partial charge in [0.2, 0.25) is 0 Å². The van der Waals surface area contributed by atoms with Gasteiger partial charge in [-0.1, -0.05) is 167 Å². The first kappa shape index (κ1) is 41.0. The standard InChI is InChI=1S/C34H64O8Si8/c1-17-45(33-23-19-31(20-24-33)43(11,12)13)35-47(27(3)4)39-48(36-45,28(5)6)42-50(30(9)10)38-46(18-2,37-49(40-50,41-47)29(7)8)34-25-21-32(22-26-34)44(14,15)16/h19-30H,17-18H2,1-16H3/t45?,46?,47-,48+,49+,50-. The SMILES string of the molecule is CC[Si]1(c2ccc([Si](C)(C)C)cc2)O[Si@]2(C(C)C)O[Si@](C(C)C)(O1)O[Si@]1(C(C)C)O[Si](CC)(c3ccc([Si](C)(C)C)cc3)O[Si@@](C(C)C)(O1)O2. The highest BCUT2D eigenvalue weighted by Gasteiger charge is 2.79. The number of hydrogen-bond donors (Lipinski definition) is 0. The Morgan fingerprint density at radius 2 is 0.620 bits per heavy atom. The molecule has 0 spiro atoms. The fourth-order valence-electron chi connectivity index (χ4n) is 6.80. The average molecular weight is 826 g/mol. The summed E-state index contributed by atoms with van der Waals surface area (Å²) < 4.78 is 60.3. The molecule has 0 saturated carbocycles. The van der Waals surface area contributed by atoms with Crippen molar-refractivity contribution < 1.29 is 32.9 Å². The molecule has 4 bridgehead atoms. The Hall–Kier alpha value is -0.145. The Morgan fingerprint density at radius 1 is 0.400 bits per heavy atom. The molecule has 0 atom stereocenters. The lowest BCUT2D eigenvalue weighted by Crippen LogP contribution is -2.87. The van der Waals surface area contributed by atoms with Crippen LogP contribution < -0.4 is 20.7 Å². The molecule has 0 radical (unpaired) electrons. The van der Waals surface area contributed by atoms with Crippen molar-refractivity contribution in [1.82, 2.24) is 0 Å². The maximum atomic E-state index is 7.70. The predicted molar refractivity (Wildman–Crippen MR) is 223 cm³/mol. The lowest BCUT2D eigenvalue weighted by Gasteiger charge is -2.62. The Kier molecular flexibility index (Phi) is 11.4. The van der Waals surface area contributed by atoms with Gasteiger partial charge in [0.05, 0.1) is 16.1 Å². The monoisotopic (exact) mass is 824 g/mol. The Bertz CT molecular complexity index is 1360. The van der Waals surface area contributed by atoms with Crippen molar-refractivity contribution in [2.75, 3.05) is 0 Å². The third-order valence-electron chi connectivity index (χ3n) is 10.5. The van der Waals surface area contributed by atoms with Gasteiger partial charge in [-0.3, -0.25) is 0 Å². The van der Waals surface area contributed by atoms with Gasteiger partial charge in [-0.25, -0.2) is 0 Å². The topological polar surface area (TPSA) is 73.8 Å². The van der Waals surface area contributed by atoms with E-state index in [2.05, 4.69) is 157 Å². The van der Waals surface area contributed by atoms with Crippen molar-refractivity contribution in [3.05, 3.63) is 48.5 Å². The molecule has 0 amide bonds. The lowest BCUT2D eigenvalue weighted by atomic mass is 10.4. The van der Waals surface area contributed by atoms with E-state index in [9.17, 15) is 0 Å². The second-order valence-electron chi connectivity index (χ2n) is 17.7. The molecule has 0 N–H and O–H groups in total. The van der Waals surface area contributed by atoms with Crippen LogP contribution in [0.2, 0.25) is 73.5 Å². The summed E-state index contributed by atoms with van der Waals surface area (Å²) in [5.41, 5.74) is -0.332. The summed E-state index contributed by atoms with van der Waals surface area (Å²) in [7, 11) is -23.9. The van der Waals surface area contributed by atoms with E-state index in [1.54, 1.807) is 0 Å². The normalized spacial score (nSPS) is 35.1. The first-order valence-corrected chi connectivity index (χ1v) is 37.1. The van der Waals surface area contributed by atoms with Crippen LogP contribution >= 0.6 is 0 Å². The molecule has 280 valence electrons. The van der Waals surface area contributed by atoms with Crippen molar-refractivity contribution in [1.29, 1.82) is 0 Å². The largest absolute Gasteiger partial charge is 0.480 e. The van der Waals surface area contributed by atoms with Gasteiger partial charge in [-0.05, 0) is 22.5 Å². The predicted octanol–water partition coefficient (Wildman–Crippen LogP) is 7.38. The third kappa shape index (κ3) is 7.08. The Labute approximate surface area is 311 Å². The van der Waals surface area contributed by atoms with E-state index < -0.39 is 68.5 Å². The summed E-state index contributed by atoms with van der Waals surface area (Å²) in [5, 5.41) is 5.01. The molecule has 3 heterocycles. The maximum absolute atomic E-state index is 7.70. The van der Waals surface area contributed by atoms with Crippen molar-refractivity contribution in [2.45, 2.75) is 143 Å². The van der Waals surface area contributed by atoms with Gasteiger partial charge < -0.3 is 32.9 Å². The van der Waals surface area contributed by atoms with E-state index >= 15 is 0 Å². The molecule has 0 unspecified atom stereocenters. The van der Waals surface area contributed by atoms with Gasteiger partial charge >= 0.3 is 52.3 Å². The van der Waals surface area contributed by atoms with Crippen LogP contribution in [0.25, 0.3) is 0 Å². The summed E-state index contributed by atoms with van der Waals surface area (Å²) in [5.74, 6) is 0. The van der Waals surface area contributed by atoms with Crippen molar-refractivity contribution in [3.8, 4) is 0 Å². The van der Waals surface area contributed by atoms with E-state index in [4.69, 9.17) is 32.9 Å². The molecule has 0 aromatic heterocycles.